The van der Waals surface area contributed by atoms with Crippen molar-refractivity contribution in [1.82, 2.24) is 15.1 Å². The first-order valence-corrected chi connectivity index (χ1v) is 4.91. The van der Waals surface area contributed by atoms with Crippen LogP contribution in [0.1, 0.15) is 25.2 Å². The number of H-pyrrole nitrogens is 1. The van der Waals surface area contributed by atoms with Gasteiger partial charge in [-0.25, -0.2) is 0 Å². The van der Waals surface area contributed by atoms with Crippen LogP contribution in [0.15, 0.2) is 6.07 Å². The molecule has 0 saturated heterocycles. The molecule has 0 radical (unpaired) electrons. The summed E-state index contributed by atoms with van der Waals surface area (Å²) in [4.78, 5) is 2.94. The summed E-state index contributed by atoms with van der Waals surface area (Å²) in [5, 5.41) is 7.01. The van der Waals surface area contributed by atoms with E-state index < -0.39 is 0 Å². The summed E-state index contributed by atoms with van der Waals surface area (Å²) in [6, 6.07) is 1.97. The van der Waals surface area contributed by atoms with E-state index in [1.807, 2.05) is 13.0 Å². The molecule has 4 heteroatoms. The van der Waals surface area contributed by atoms with E-state index in [-0.39, 0.29) is 0 Å². The van der Waals surface area contributed by atoms with Gasteiger partial charge in [0.2, 0.25) is 0 Å². The Kier molecular flexibility index (Phi) is 3.42. The Bertz CT molecular complexity index is 289. The lowest BCUT2D eigenvalue weighted by Gasteiger charge is -2.19. The van der Waals surface area contributed by atoms with Crippen LogP contribution in [-0.2, 0) is 0 Å². The molecular formula is C9H15N3S. The summed E-state index contributed by atoms with van der Waals surface area (Å²) < 4.78 is 0. The van der Waals surface area contributed by atoms with Crippen LogP contribution < -0.4 is 0 Å². The van der Waals surface area contributed by atoms with Crippen LogP contribution in [0, 0.1) is 6.92 Å². The number of thiocarbonyl (C=S) groups is 1. The first-order valence-electron chi connectivity index (χ1n) is 4.50. The van der Waals surface area contributed by atoms with Gasteiger partial charge in [-0.2, -0.15) is 5.10 Å². The van der Waals surface area contributed by atoms with Gasteiger partial charge in [-0.3, -0.25) is 5.10 Å². The first kappa shape index (κ1) is 10.2. The lowest BCUT2D eigenvalue weighted by Crippen LogP contribution is -2.29. The molecule has 3 nitrogen and oxygen atoms in total. The fourth-order valence-electron chi connectivity index (χ4n) is 1.20. The van der Waals surface area contributed by atoms with Crippen molar-refractivity contribution in [3.8, 4) is 0 Å². The van der Waals surface area contributed by atoms with E-state index in [0.717, 1.165) is 29.5 Å². The summed E-state index contributed by atoms with van der Waals surface area (Å²) in [6.07, 6.45) is 0. The second-order valence-electron chi connectivity index (χ2n) is 2.91. The number of hydrogen-bond donors (Lipinski definition) is 1. The maximum absolute atomic E-state index is 5.30. The van der Waals surface area contributed by atoms with Crippen molar-refractivity contribution in [2.45, 2.75) is 20.8 Å². The van der Waals surface area contributed by atoms with Crippen LogP contribution in [0.5, 0.6) is 0 Å². The Balaban J connectivity index is 2.78. The third-order valence-corrected chi connectivity index (χ3v) is 2.44. The zero-order valence-corrected chi connectivity index (χ0v) is 9.11. The second-order valence-corrected chi connectivity index (χ2v) is 3.30. The Morgan fingerprint density at radius 3 is 2.54 bits per heavy atom. The molecule has 1 rings (SSSR count). The largest absolute Gasteiger partial charge is 0.362 e. The average Bonchev–Trinajstić information content (AvgIpc) is 2.54. The Labute approximate surface area is 84.1 Å². The highest BCUT2D eigenvalue weighted by atomic mass is 32.1. The van der Waals surface area contributed by atoms with Crippen LogP contribution >= 0.6 is 12.2 Å². The standard InChI is InChI=1S/C9H15N3S/c1-4-12(5-2)9(13)8-6-7(3)10-11-8/h6H,4-5H2,1-3H3,(H,10,11). The smallest absolute Gasteiger partial charge is 0.129 e. The minimum Gasteiger partial charge on any atom is -0.362 e. The maximum Gasteiger partial charge on any atom is 0.129 e. The van der Waals surface area contributed by atoms with Crippen molar-refractivity contribution in [3.63, 3.8) is 0 Å². The van der Waals surface area contributed by atoms with Gasteiger partial charge in [-0.05, 0) is 26.8 Å². The molecule has 1 N–H and O–H groups in total. The zero-order chi connectivity index (χ0) is 9.84. The molecule has 0 bridgehead atoms. The number of rotatable bonds is 3. The van der Waals surface area contributed by atoms with Crippen LogP contribution in [0.2, 0.25) is 0 Å². The van der Waals surface area contributed by atoms with Crippen molar-refractivity contribution in [2.75, 3.05) is 13.1 Å². The van der Waals surface area contributed by atoms with Crippen LogP contribution in [-0.4, -0.2) is 33.2 Å². The monoisotopic (exact) mass is 197 g/mol. The molecule has 0 spiro atoms. The van der Waals surface area contributed by atoms with Gasteiger partial charge in [0.25, 0.3) is 0 Å². The molecule has 0 atom stereocenters. The predicted molar refractivity (Wildman–Crippen MR) is 57.9 cm³/mol. The molecule has 1 heterocycles. The maximum atomic E-state index is 5.30. The van der Waals surface area contributed by atoms with Crippen molar-refractivity contribution in [2.24, 2.45) is 0 Å². The molecule has 0 aromatic carbocycles. The summed E-state index contributed by atoms with van der Waals surface area (Å²) in [7, 11) is 0. The van der Waals surface area contributed by atoms with Gasteiger partial charge < -0.3 is 4.90 Å². The van der Waals surface area contributed by atoms with Gasteiger partial charge in [0, 0.05) is 18.8 Å². The number of aryl methyl sites for hydroxylation is 1. The van der Waals surface area contributed by atoms with Crippen LogP contribution in [0.4, 0.5) is 0 Å². The number of hydrogen-bond acceptors (Lipinski definition) is 2. The molecule has 1 aromatic heterocycles. The van der Waals surface area contributed by atoms with E-state index in [0.29, 0.717) is 0 Å². The minimum absolute atomic E-state index is 0.828. The topological polar surface area (TPSA) is 31.9 Å². The summed E-state index contributed by atoms with van der Waals surface area (Å²) in [6.45, 7) is 8.02. The van der Waals surface area contributed by atoms with Gasteiger partial charge in [-0.1, -0.05) is 12.2 Å². The Hall–Kier alpha value is -0.900. The number of nitrogens with zero attached hydrogens (tertiary/aromatic N) is 2. The number of aromatic nitrogens is 2. The molecule has 0 amide bonds. The quantitative estimate of drug-likeness (QED) is 0.749. The third-order valence-electron chi connectivity index (χ3n) is 1.98. The molecule has 0 aliphatic carbocycles. The van der Waals surface area contributed by atoms with Gasteiger partial charge >= 0.3 is 0 Å². The highest BCUT2D eigenvalue weighted by Gasteiger charge is 2.10. The SMILES string of the molecule is CCN(CC)C(=S)c1cc(C)[nH]n1. The summed E-state index contributed by atoms with van der Waals surface area (Å²) in [5.74, 6) is 0. The van der Waals surface area contributed by atoms with E-state index in [9.17, 15) is 0 Å². The highest BCUT2D eigenvalue weighted by molar-refractivity contribution is 7.80. The van der Waals surface area contributed by atoms with E-state index in [1.54, 1.807) is 0 Å². The van der Waals surface area contributed by atoms with E-state index >= 15 is 0 Å². The molecule has 0 saturated carbocycles. The average molecular weight is 197 g/mol. The number of nitrogens with one attached hydrogen (secondary N) is 1. The Morgan fingerprint density at radius 2 is 2.15 bits per heavy atom. The van der Waals surface area contributed by atoms with Crippen molar-refractivity contribution in [1.29, 1.82) is 0 Å². The van der Waals surface area contributed by atoms with Gasteiger partial charge in [0.05, 0.1) is 0 Å². The molecule has 13 heavy (non-hydrogen) atoms. The van der Waals surface area contributed by atoms with E-state index in [1.165, 1.54) is 0 Å². The van der Waals surface area contributed by atoms with Crippen molar-refractivity contribution < 1.29 is 0 Å². The normalized spacial score (nSPS) is 10.1. The molecule has 0 aliphatic rings. The molecule has 0 fully saturated rings. The molecule has 72 valence electrons. The van der Waals surface area contributed by atoms with Gasteiger partial charge in [-0.15, -0.1) is 0 Å². The fourth-order valence-corrected chi connectivity index (χ4v) is 1.56. The van der Waals surface area contributed by atoms with Crippen molar-refractivity contribution in [3.05, 3.63) is 17.5 Å². The molecule has 0 unspecified atom stereocenters. The summed E-state index contributed by atoms with van der Waals surface area (Å²) in [5.41, 5.74) is 1.92. The van der Waals surface area contributed by atoms with Crippen molar-refractivity contribution >= 4 is 17.2 Å². The van der Waals surface area contributed by atoms with Gasteiger partial charge in [0.1, 0.15) is 10.7 Å². The third kappa shape index (κ3) is 2.28. The Morgan fingerprint density at radius 1 is 1.54 bits per heavy atom. The molecular weight excluding hydrogens is 182 g/mol. The highest BCUT2D eigenvalue weighted by Crippen LogP contribution is 2.04. The first-order chi connectivity index (χ1) is 6.19. The summed E-state index contributed by atoms with van der Waals surface area (Å²) >= 11 is 5.30. The van der Waals surface area contributed by atoms with E-state index in [2.05, 4.69) is 28.9 Å². The fraction of sp³-hybridized carbons (Fsp3) is 0.556. The van der Waals surface area contributed by atoms with E-state index in [4.69, 9.17) is 12.2 Å². The zero-order valence-electron chi connectivity index (χ0n) is 8.29. The lowest BCUT2D eigenvalue weighted by molar-refractivity contribution is 0.473. The molecule has 1 aromatic rings. The lowest BCUT2D eigenvalue weighted by atomic mass is 10.3. The minimum atomic E-state index is 0.828. The molecule has 0 aliphatic heterocycles. The van der Waals surface area contributed by atoms with Crippen LogP contribution in [0.25, 0.3) is 0 Å². The second kappa shape index (κ2) is 4.37. The predicted octanol–water partition coefficient (Wildman–Crippen LogP) is 1.74. The van der Waals surface area contributed by atoms with Gasteiger partial charge in [0.15, 0.2) is 0 Å². The number of aromatic amines is 1. The van der Waals surface area contributed by atoms with Crippen LogP contribution in [0.3, 0.4) is 0 Å².